The highest BCUT2D eigenvalue weighted by atomic mass is 16.6. The number of hydrogen-bond donors (Lipinski definition) is 3. The van der Waals surface area contributed by atoms with Crippen molar-refractivity contribution in [2.45, 2.75) is 159 Å². The highest BCUT2D eigenvalue weighted by molar-refractivity contribution is 5.87. The molecule has 19 nitrogen and oxygen atoms in total. The Labute approximate surface area is 406 Å². The number of aromatic nitrogens is 3. The summed E-state index contributed by atoms with van der Waals surface area (Å²) in [5.41, 5.74) is -4.78. The molecule has 3 aliphatic rings. The predicted molar refractivity (Wildman–Crippen MR) is 259 cm³/mol. The Balaban J connectivity index is 1.77. The number of alkyl carbamates (subject to hydrolysis) is 3. The van der Waals surface area contributed by atoms with E-state index in [2.05, 4.69) is 70.7 Å². The van der Waals surface area contributed by atoms with Gasteiger partial charge in [0.2, 0.25) is 0 Å². The van der Waals surface area contributed by atoms with Crippen molar-refractivity contribution >= 4 is 30.2 Å². The molecule has 0 spiro atoms. The van der Waals surface area contributed by atoms with Gasteiger partial charge in [-0.15, -0.1) is 0 Å². The quantitative estimate of drug-likeness (QED) is 0.0590. The van der Waals surface area contributed by atoms with Crippen LogP contribution in [-0.4, -0.2) is 96.6 Å². The normalized spacial score (nSPS) is 26.9. The Morgan fingerprint density at radius 1 is 0.478 bits per heavy atom. The summed E-state index contributed by atoms with van der Waals surface area (Å²) in [7, 11) is 0. The number of nitrogens with one attached hydrogen (secondary N) is 3. The smallest absolute Gasteiger partial charge is 0.407 e. The first-order chi connectivity index (χ1) is 31.8. The molecule has 3 N–H and O–H groups in total. The first-order valence-electron chi connectivity index (χ1n) is 24.2. The zero-order valence-electron chi connectivity index (χ0n) is 43.3. The number of esters is 2. The average molecular weight is 973 g/mol. The van der Waals surface area contributed by atoms with Crippen LogP contribution >= 0.6 is 0 Å². The Bertz CT molecular complexity index is 2170. The van der Waals surface area contributed by atoms with E-state index in [0.29, 0.717) is 57.8 Å². The van der Waals surface area contributed by atoms with Crippen molar-refractivity contribution in [2.24, 2.45) is 32.5 Å². The van der Waals surface area contributed by atoms with Gasteiger partial charge in [0, 0.05) is 48.9 Å². The van der Waals surface area contributed by atoms with E-state index in [0.717, 1.165) is 0 Å². The molecule has 6 unspecified atom stereocenters. The van der Waals surface area contributed by atoms with Crippen molar-refractivity contribution in [3.63, 3.8) is 0 Å². The van der Waals surface area contributed by atoms with Crippen molar-refractivity contribution in [1.82, 2.24) is 29.7 Å². The number of carbonyl (C=O) groups excluding carboxylic acids is 5. The van der Waals surface area contributed by atoms with Crippen LogP contribution < -0.4 is 33.0 Å². The minimum Gasteiger partial charge on any atom is -0.459 e. The lowest BCUT2D eigenvalue weighted by Crippen LogP contribution is -2.61. The lowest BCUT2D eigenvalue weighted by atomic mass is 9.62. The first-order valence-corrected chi connectivity index (χ1v) is 24.2. The van der Waals surface area contributed by atoms with Crippen LogP contribution in [0.15, 0.2) is 38.7 Å². The molecule has 388 valence electrons. The Morgan fingerprint density at radius 2 is 0.739 bits per heavy atom. The molecule has 6 atom stereocenters. The number of rotatable bonds is 18. The van der Waals surface area contributed by atoms with Crippen LogP contribution in [0.2, 0.25) is 0 Å². The Hall–Kier alpha value is -5.36. The topological polar surface area (TPSA) is 234 Å². The van der Waals surface area contributed by atoms with Crippen molar-refractivity contribution in [1.29, 1.82) is 0 Å². The number of ether oxygens (including phenoxy) is 5. The van der Waals surface area contributed by atoms with Gasteiger partial charge in [0.25, 0.3) is 0 Å². The van der Waals surface area contributed by atoms with Gasteiger partial charge in [0.05, 0.1) is 6.61 Å². The zero-order valence-corrected chi connectivity index (χ0v) is 43.3. The number of carbonyl (C=O) groups is 5. The molecule has 0 saturated heterocycles. The van der Waals surface area contributed by atoms with Gasteiger partial charge in [-0.1, -0.05) is 75.5 Å². The second-order valence-electron chi connectivity index (χ2n) is 23.5. The molecular weight excluding hydrogens is 893 g/mol. The molecule has 4 rings (SSSR count). The Morgan fingerprint density at radius 3 is 1.00 bits per heavy atom. The Kier molecular flexibility index (Phi) is 18.1. The van der Waals surface area contributed by atoms with Crippen LogP contribution in [0.25, 0.3) is 0 Å². The molecule has 0 radical (unpaired) electrons. The van der Waals surface area contributed by atoms with Gasteiger partial charge in [-0.25, -0.2) is 52.1 Å². The maximum absolute atomic E-state index is 15.4. The average Bonchev–Trinajstić information content (AvgIpc) is 3.19. The van der Waals surface area contributed by atoms with E-state index < -0.39 is 92.5 Å². The van der Waals surface area contributed by atoms with Crippen LogP contribution in [0.3, 0.4) is 0 Å². The summed E-state index contributed by atoms with van der Waals surface area (Å²) in [4.78, 5) is 108. The van der Waals surface area contributed by atoms with Gasteiger partial charge < -0.3 is 39.6 Å². The van der Waals surface area contributed by atoms with Crippen molar-refractivity contribution < 1.29 is 47.7 Å². The van der Waals surface area contributed by atoms with E-state index in [4.69, 9.17) is 23.7 Å². The van der Waals surface area contributed by atoms with E-state index in [1.165, 1.54) is 27.5 Å². The summed E-state index contributed by atoms with van der Waals surface area (Å²) in [6, 6.07) is -2.01. The fourth-order valence-corrected chi connectivity index (χ4v) is 12.1. The highest BCUT2D eigenvalue weighted by Gasteiger charge is 2.48. The number of nitrogens with zero attached hydrogens (tertiary/aromatic N) is 3. The summed E-state index contributed by atoms with van der Waals surface area (Å²) in [6.07, 6.45) is 2.23. The molecule has 3 fully saturated rings. The molecule has 0 bridgehead atoms. The SMILES string of the molecule is C=C(C)C(=O)OCCOC(=O)NCC1(C)CC(n2c(=O)n(C3CC(C)(C)CC(C)(CNC(=O)OCC)C3)c(=O)n(C3CC(C)(C)CC(C)(CNC(=O)OCCOC(=O)C(=C)C)C3)c2=O)CC(C)(C)C1. The fourth-order valence-electron chi connectivity index (χ4n) is 12.1. The summed E-state index contributed by atoms with van der Waals surface area (Å²) in [5, 5.41) is 8.56. The maximum atomic E-state index is 15.4. The fraction of sp³-hybridized carbons (Fsp3) is 0.760. The van der Waals surface area contributed by atoms with Crippen LogP contribution in [0.4, 0.5) is 14.4 Å². The van der Waals surface area contributed by atoms with Crippen LogP contribution in [0, 0.1) is 32.5 Å². The molecule has 69 heavy (non-hydrogen) atoms. The molecule has 0 aromatic carbocycles. The summed E-state index contributed by atoms with van der Waals surface area (Å²) in [6.45, 7) is 30.3. The lowest BCUT2D eigenvalue weighted by molar-refractivity contribution is -0.140. The minimum absolute atomic E-state index is 0.146. The highest BCUT2D eigenvalue weighted by Crippen LogP contribution is 2.52. The number of hydrogen-bond acceptors (Lipinski definition) is 13. The molecule has 1 aromatic rings. The molecule has 1 aromatic heterocycles. The van der Waals surface area contributed by atoms with Gasteiger partial charge in [-0.3, -0.25) is 0 Å². The lowest BCUT2D eigenvalue weighted by Gasteiger charge is -2.49. The largest absolute Gasteiger partial charge is 0.459 e. The van der Waals surface area contributed by atoms with Crippen LogP contribution in [-0.2, 0) is 33.3 Å². The summed E-state index contributed by atoms with van der Waals surface area (Å²) in [5.74, 6) is -1.19. The summed E-state index contributed by atoms with van der Waals surface area (Å²) >= 11 is 0. The maximum Gasteiger partial charge on any atom is 0.407 e. The van der Waals surface area contributed by atoms with Crippen molar-refractivity contribution in [3.05, 3.63) is 55.8 Å². The second-order valence-corrected chi connectivity index (χ2v) is 23.5. The molecule has 3 saturated carbocycles. The third-order valence-electron chi connectivity index (χ3n) is 13.6. The predicted octanol–water partition coefficient (Wildman–Crippen LogP) is 6.88. The van der Waals surface area contributed by atoms with E-state index in [-0.39, 0.29) is 69.2 Å². The monoisotopic (exact) mass is 973 g/mol. The van der Waals surface area contributed by atoms with Crippen LogP contribution in [0.5, 0.6) is 0 Å². The molecule has 1 heterocycles. The van der Waals surface area contributed by atoms with E-state index in [1.807, 2.05) is 20.8 Å². The van der Waals surface area contributed by atoms with Crippen LogP contribution in [0.1, 0.15) is 159 Å². The van der Waals surface area contributed by atoms with Crippen molar-refractivity contribution in [2.75, 3.05) is 52.7 Å². The van der Waals surface area contributed by atoms with E-state index in [1.54, 1.807) is 6.92 Å². The second kappa shape index (κ2) is 22.2. The zero-order chi connectivity index (χ0) is 51.9. The van der Waals surface area contributed by atoms with Gasteiger partial charge in [-0.05, 0) is 111 Å². The van der Waals surface area contributed by atoms with Gasteiger partial charge in [-0.2, -0.15) is 0 Å². The third kappa shape index (κ3) is 15.6. The molecular formula is C50H80N6O13. The summed E-state index contributed by atoms with van der Waals surface area (Å²) < 4.78 is 29.6. The van der Waals surface area contributed by atoms with E-state index >= 15 is 14.4 Å². The van der Waals surface area contributed by atoms with E-state index in [9.17, 15) is 24.0 Å². The van der Waals surface area contributed by atoms with Gasteiger partial charge >= 0.3 is 47.3 Å². The van der Waals surface area contributed by atoms with Crippen molar-refractivity contribution in [3.8, 4) is 0 Å². The molecule has 3 aliphatic carbocycles. The third-order valence-corrected chi connectivity index (χ3v) is 13.6. The number of amides is 3. The standard InChI is InChI=1S/C50H80N6O13/c1-15-65-39(59)51-29-48(12)23-34(20-45(6,7)26-48)54-42(62)55(35-21-46(8,9)27-49(13,24-35)30-52-40(60)68-18-16-66-37(57)32(2)3)44(64)56(43(54)63)36-22-47(10,11)28-50(14,25-36)31-53-41(61)69-19-17-67-38(58)33(4)5/h34-36H,2,4,15-31H2,1,3,5-14H3,(H,51,59)(H,52,60)(H,53,61). The molecule has 3 amide bonds. The molecule has 0 aliphatic heterocycles. The van der Waals surface area contributed by atoms with Gasteiger partial charge in [0.15, 0.2) is 0 Å². The minimum atomic E-state index is -0.717. The molecule has 19 heteroatoms. The first kappa shape index (κ1) is 56.2. The van der Waals surface area contributed by atoms with Gasteiger partial charge in [0.1, 0.15) is 26.4 Å².